The Morgan fingerprint density at radius 1 is 1.30 bits per heavy atom. The highest BCUT2D eigenvalue weighted by atomic mass is 19.1. The van der Waals surface area contributed by atoms with Crippen LogP contribution in [0, 0.1) is 12.7 Å². The fourth-order valence-electron chi connectivity index (χ4n) is 2.98. The molecule has 1 aromatic heterocycles. The van der Waals surface area contributed by atoms with Crippen molar-refractivity contribution in [3.05, 3.63) is 53.5 Å². The SMILES string of the molecule is CC.Cc1ccc(Nc2c(C(=O)N3CC(O)C3)ccc3[nH]ncc23)c(F)c1. The standard InChI is InChI=1S/C18H17FN4O2.C2H6/c1-10-2-4-16(14(19)6-10)21-17-12(18(25)23-8-11(24)9-23)3-5-15-13(17)7-20-22-15;1-2/h2-7,11,21,24H,8-9H2,1H3,(H,20,22);1-2H3. The van der Waals surface area contributed by atoms with Gasteiger partial charge in [-0.25, -0.2) is 4.39 Å². The first-order valence-electron chi connectivity index (χ1n) is 8.99. The predicted molar refractivity (Wildman–Crippen MR) is 104 cm³/mol. The van der Waals surface area contributed by atoms with Crippen molar-refractivity contribution in [1.82, 2.24) is 15.1 Å². The minimum Gasteiger partial charge on any atom is -0.389 e. The van der Waals surface area contributed by atoms with E-state index in [1.807, 2.05) is 20.8 Å². The van der Waals surface area contributed by atoms with Crippen molar-refractivity contribution in [1.29, 1.82) is 0 Å². The van der Waals surface area contributed by atoms with Crippen LogP contribution < -0.4 is 5.32 Å². The Bertz CT molecular complexity index is 964. The third-order valence-corrected chi connectivity index (χ3v) is 4.39. The number of rotatable bonds is 3. The fourth-order valence-corrected chi connectivity index (χ4v) is 2.98. The highest BCUT2D eigenvalue weighted by Crippen LogP contribution is 2.32. The molecule has 2 heterocycles. The van der Waals surface area contributed by atoms with E-state index in [-0.39, 0.29) is 11.6 Å². The van der Waals surface area contributed by atoms with E-state index in [2.05, 4.69) is 15.5 Å². The number of carbonyl (C=O) groups is 1. The highest BCUT2D eigenvalue weighted by Gasteiger charge is 2.31. The Hall–Kier alpha value is -2.93. The molecule has 1 saturated heterocycles. The van der Waals surface area contributed by atoms with Crippen LogP contribution in [0.15, 0.2) is 36.5 Å². The number of hydrogen-bond acceptors (Lipinski definition) is 4. The molecule has 1 aliphatic rings. The number of benzene rings is 2. The molecule has 142 valence electrons. The van der Waals surface area contributed by atoms with Crippen molar-refractivity contribution in [3.63, 3.8) is 0 Å². The molecule has 0 bridgehead atoms. The summed E-state index contributed by atoms with van der Waals surface area (Å²) in [7, 11) is 0. The Kier molecular flexibility index (Phi) is 5.41. The van der Waals surface area contributed by atoms with E-state index in [9.17, 15) is 14.3 Å². The average Bonchev–Trinajstić information content (AvgIpc) is 3.12. The largest absolute Gasteiger partial charge is 0.389 e. The quantitative estimate of drug-likeness (QED) is 0.658. The zero-order valence-electron chi connectivity index (χ0n) is 15.6. The van der Waals surface area contributed by atoms with Crippen LogP contribution in [0.5, 0.6) is 0 Å². The van der Waals surface area contributed by atoms with E-state index in [4.69, 9.17) is 0 Å². The topological polar surface area (TPSA) is 81.3 Å². The summed E-state index contributed by atoms with van der Waals surface area (Å²) in [6.07, 6.45) is 1.12. The van der Waals surface area contributed by atoms with Gasteiger partial charge in [0.15, 0.2) is 0 Å². The molecule has 1 aliphatic heterocycles. The molecule has 0 saturated carbocycles. The minimum atomic E-state index is -0.479. The summed E-state index contributed by atoms with van der Waals surface area (Å²) >= 11 is 0. The molecule has 0 radical (unpaired) electrons. The molecule has 6 nitrogen and oxygen atoms in total. The van der Waals surface area contributed by atoms with Gasteiger partial charge in [-0.05, 0) is 36.8 Å². The average molecular weight is 370 g/mol. The highest BCUT2D eigenvalue weighted by molar-refractivity contribution is 6.08. The lowest BCUT2D eigenvalue weighted by Crippen LogP contribution is -2.53. The lowest BCUT2D eigenvalue weighted by Gasteiger charge is -2.36. The lowest BCUT2D eigenvalue weighted by molar-refractivity contribution is 0.00597. The van der Waals surface area contributed by atoms with Crippen molar-refractivity contribution < 1.29 is 14.3 Å². The number of aliphatic hydroxyl groups excluding tert-OH is 1. The molecule has 0 atom stereocenters. The number of hydrogen-bond donors (Lipinski definition) is 3. The molecule has 4 rings (SSSR count). The number of aliphatic hydroxyl groups is 1. The van der Waals surface area contributed by atoms with Crippen LogP contribution in [0.25, 0.3) is 10.9 Å². The lowest BCUT2D eigenvalue weighted by atomic mass is 10.0. The van der Waals surface area contributed by atoms with Gasteiger partial charge in [-0.3, -0.25) is 9.89 Å². The summed E-state index contributed by atoms with van der Waals surface area (Å²) in [5, 5.41) is 20.1. The number of aromatic nitrogens is 2. The van der Waals surface area contributed by atoms with E-state index < -0.39 is 11.9 Å². The number of carbonyl (C=O) groups excluding carboxylic acids is 1. The maximum atomic E-state index is 14.3. The number of fused-ring (bicyclic) bond motifs is 1. The van der Waals surface area contributed by atoms with Crippen molar-refractivity contribution in [3.8, 4) is 0 Å². The molecule has 0 unspecified atom stereocenters. The van der Waals surface area contributed by atoms with E-state index in [1.54, 1.807) is 35.4 Å². The van der Waals surface area contributed by atoms with Crippen LogP contribution in [0.3, 0.4) is 0 Å². The van der Waals surface area contributed by atoms with Gasteiger partial charge in [0.05, 0.1) is 34.8 Å². The van der Waals surface area contributed by atoms with Crippen LogP contribution in [0.4, 0.5) is 15.8 Å². The van der Waals surface area contributed by atoms with E-state index in [0.717, 1.165) is 11.1 Å². The smallest absolute Gasteiger partial charge is 0.256 e. The van der Waals surface area contributed by atoms with Crippen molar-refractivity contribution in [2.75, 3.05) is 18.4 Å². The van der Waals surface area contributed by atoms with Gasteiger partial charge >= 0.3 is 0 Å². The number of nitrogens with one attached hydrogen (secondary N) is 2. The van der Waals surface area contributed by atoms with Gasteiger partial charge in [0.1, 0.15) is 5.82 Å². The first kappa shape index (κ1) is 18.8. The van der Waals surface area contributed by atoms with Crippen LogP contribution >= 0.6 is 0 Å². The minimum absolute atomic E-state index is 0.205. The molecule has 0 aliphatic carbocycles. The predicted octanol–water partition coefficient (Wildman–Crippen LogP) is 3.60. The molecule has 7 heteroatoms. The third-order valence-electron chi connectivity index (χ3n) is 4.39. The summed E-state index contributed by atoms with van der Waals surface area (Å²) in [4.78, 5) is 14.3. The first-order chi connectivity index (χ1) is 13.0. The summed E-state index contributed by atoms with van der Waals surface area (Å²) in [6.45, 7) is 6.43. The second kappa shape index (κ2) is 7.75. The summed E-state index contributed by atoms with van der Waals surface area (Å²) < 4.78 is 14.3. The van der Waals surface area contributed by atoms with Gasteiger partial charge < -0.3 is 15.3 Å². The molecule has 0 spiro atoms. The van der Waals surface area contributed by atoms with Crippen molar-refractivity contribution >= 4 is 28.2 Å². The summed E-state index contributed by atoms with van der Waals surface area (Å²) in [5.74, 6) is -0.596. The number of amides is 1. The van der Waals surface area contributed by atoms with E-state index in [0.29, 0.717) is 29.7 Å². The molecule has 27 heavy (non-hydrogen) atoms. The van der Waals surface area contributed by atoms with Crippen LogP contribution in [-0.4, -0.2) is 45.3 Å². The Morgan fingerprint density at radius 2 is 2.04 bits per heavy atom. The maximum Gasteiger partial charge on any atom is 0.256 e. The van der Waals surface area contributed by atoms with Crippen molar-refractivity contribution in [2.24, 2.45) is 0 Å². The molecule has 1 fully saturated rings. The second-order valence-corrected chi connectivity index (χ2v) is 6.29. The van der Waals surface area contributed by atoms with Gasteiger partial charge in [0.25, 0.3) is 5.91 Å². The van der Waals surface area contributed by atoms with E-state index >= 15 is 0 Å². The zero-order chi connectivity index (χ0) is 19.6. The number of halogens is 1. The zero-order valence-corrected chi connectivity index (χ0v) is 15.6. The Balaban J connectivity index is 0.00000102. The van der Waals surface area contributed by atoms with Gasteiger partial charge in [0, 0.05) is 18.5 Å². The summed E-state index contributed by atoms with van der Waals surface area (Å²) in [6, 6.07) is 8.33. The van der Waals surface area contributed by atoms with Gasteiger partial charge in [0.2, 0.25) is 0 Å². The third kappa shape index (κ3) is 3.64. The van der Waals surface area contributed by atoms with Gasteiger partial charge in [-0.2, -0.15) is 5.10 Å². The molecule has 1 amide bonds. The van der Waals surface area contributed by atoms with E-state index in [1.165, 1.54) is 6.07 Å². The molecule has 3 aromatic rings. The fraction of sp³-hybridized carbons (Fsp3) is 0.300. The number of nitrogens with zero attached hydrogens (tertiary/aromatic N) is 2. The number of aromatic amines is 1. The molecular weight excluding hydrogens is 347 g/mol. The number of anilines is 2. The molecular formula is C20H23FN4O2. The molecule has 2 aromatic carbocycles. The number of likely N-dealkylation sites (tertiary alicyclic amines) is 1. The normalized spacial score (nSPS) is 13.7. The second-order valence-electron chi connectivity index (χ2n) is 6.29. The number of β-amino-alcohol motifs (C(OH)–C–C–N with tert-alkyl or cyclic N) is 1. The Morgan fingerprint density at radius 3 is 2.70 bits per heavy atom. The van der Waals surface area contributed by atoms with Crippen LogP contribution in [0.2, 0.25) is 0 Å². The monoisotopic (exact) mass is 370 g/mol. The maximum absolute atomic E-state index is 14.3. The van der Waals surface area contributed by atoms with Crippen LogP contribution in [0.1, 0.15) is 29.8 Å². The van der Waals surface area contributed by atoms with Crippen molar-refractivity contribution in [2.45, 2.75) is 26.9 Å². The Labute approximate surface area is 157 Å². The summed E-state index contributed by atoms with van der Waals surface area (Å²) in [5.41, 5.74) is 2.77. The number of H-pyrrole nitrogens is 1. The number of aryl methyl sites for hydroxylation is 1. The first-order valence-corrected chi connectivity index (χ1v) is 8.99. The van der Waals surface area contributed by atoms with Gasteiger partial charge in [-0.1, -0.05) is 19.9 Å². The molecule has 3 N–H and O–H groups in total. The van der Waals surface area contributed by atoms with Gasteiger partial charge in [-0.15, -0.1) is 0 Å². The van der Waals surface area contributed by atoms with Crippen LogP contribution in [-0.2, 0) is 0 Å².